The highest BCUT2D eigenvalue weighted by molar-refractivity contribution is 5.19. The summed E-state index contributed by atoms with van der Waals surface area (Å²) in [7, 11) is 0. The molecule has 134 valence electrons. The predicted molar refractivity (Wildman–Crippen MR) is 86.1 cm³/mol. The normalized spacial score (nSPS) is 34.2. The summed E-state index contributed by atoms with van der Waals surface area (Å²) in [6.07, 6.45) is -3.85. The number of aliphatic hydroxyl groups excluding tert-OH is 2. The Hall–Kier alpha value is -1.02. The van der Waals surface area contributed by atoms with Crippen molar-refractivity contribution in [2.24, 2.45) is 0 Å². The molecule has 0 saturated carbocycles. The van der Waals surface area contributed by atoms with E-state index < -0.39 is 42.1 Å². The molecule has 0 aliphatic carbocycles. The molecular weight excluding hydrogens is 312 g/mol. The summed E-state index contributed by atoms with van der Waals surface area (Å²) in [5, 5.41) is 21.5. The van der Waals surface area contributed by atoms with Crippen LogP contribution in [0.1, 0.15) is 39.4 Å². The van der Waals surface area contributed by atoms with Gasteiger partial charge in [-0.3, -0.25) is 0 Å². The molecule has 0 bridgehead atoms. The Morgan fingerprint density at radius 3 is 2.12 bits per heavy atom. The van der Waals surface area contributed by atoms with Crippen LogP contribution >= 0.6 is 0 Å². The van der Waals surface area contributed by atoms with Crippen LogP contribution in [0.5, 0.6) is 0 Å². The molecule has 0 radical (unpaired) electrons. The first kappa shape index (κ1) is 17.8. The lowest BCUT2D eigenvalue weighted by atomic mass is 9.95. The molecule has 2 heterocycles. The van der Waals surface area contributed by atoms with E-state index in [0.29, 0.717) is 5.56 Å². The molecule has 0 aromatic heterocycles. The molecule has 1 aromatic rings. The number of benzene rings is 1. The molecule has 0 amide bonds. The van der Waals surface area contributed by atoms with Gasteiger partial charge in [-0.05, 0) is 33.3 Å². The standard InChI is InChI=1S/C18H26O6/c1-17(2)21-10-12(22-17)14(20)16-15(23-18(3,4)24-16)13(19)11-8-6-5-7-9-11/h5-9,12-16,19-20H,10H2,1-4H3/t12-,13+,14+,15-,16+/m1/s1. The van der Waals surface area contributed by atoms with Crippen molar-refractivity contribution in [2.45, 2.75) is 69.8 Å². The Kier molecular flexibility index (Phi) is 4.72. The van der Waals surface area contributed by atoms with Gasteiger partial charge in [0.05, 0.1) is 6.61 Å². The summed E-state index contributed by atoms with van der Waals surface area (Å²) in [6, 6.07) is 9.22. The van der Waals surface area contributed by atoms with Crippen LogP contribution in [0.2, 0.25) is 0 Å². The van der Waals surface area contributed by atoms with E-state index in [1.807, 2.05) is 30.3 Å². The molecule has 24 heavy (non-hydrogen) atoms. The fraction of sp³-hybridized carbons (Fsp3) is 0.667. The minimum absolute atomic E-state index is 0.266. The number of rotatable bonds is 4. The number of hydrogen-bond donors (Lipinski definition) is 2. The van der Waals surface area contributed by atoms with E-state index in [1.165, 1.54) is 0 Å². The van der Waals surface area contributed by atoms with Crippen LogP contribution in [0.3, 0.4) is 0 Å². The number of aliphatic hydroxyl groups is 2. The molecule has 5 atom stereocenters. The molecule has 3 rings (SSSR count). The van der Waals surface area contributed by atoms with Crippen LogP contribution in [0.4, 0.5) is 0 Å². The molecule has 2 saturated heterocycles. The van der Waals surface area contributed by atoms with Gasteiger partial charge in [-0.25, -0.2) is 0 Å². The Balaban J connectivity index is 1.79. The summed E-state index contributed by atoms with van der Waals surface area (Å²) in [5.74, 6) is -1.64. The van der Waals surface area contributed by atoms with Gasteiger partial charge < -0.3 is 29.2 Å². The second-order valence-corrected chi connectivity index (χ2v) is 7.28. The third-order valence-electron chi connectivity index (χ3n) is 4.36. The van der Waals surface area contributed by atoms with Gasteiger partial charge in [-0.2, -0.15) is 0 Å². The molecular formula is C18H26O6. The maximum Gasteiger partial charge on any atom is 0.164 e. The first-order valence-corrected chi connectivity index (χ1v) is 8.27. The zero-order valence-electron chi connectivity index (χ0n) is 14.5. The minimum atomic E-state index is -0.975. The van der Waals surface area contributed by atoms with E-state index in [4.69, 9.17) is 18.9 Å². The van der Waals surface area contributed by atoms with Gasteiger partial charge in [0.15, 0.2) is 11.6 Å². The van der Waals surface area contributed by atoms with Crippen molar-refractivity contribution in [1.82, 2.24) is 0 Å². The van der Waals surface area contributed by atoms with Gasteiger partial charge in [0.25, 0.3) is 0 Å². The van der Waals surface area contributed by atoms with Crippen LogP contribution in [0.25, 0.3) is 0 Å². The van der Waals surface area contributed by atoms with Crippen LogP contribution in [0.15, 0.2) is 30.3 Å². The first-order chi connectivity index (χ1) is 11.2. The second kappa shape index (κ2) is 6.37. The molecule has 2 aliphatic heterocycles. The maximum absolute atomic E-state index is 10.8. The smallest absolute Gasteiger partial charge is 0.164 e. The molecule has 2 fully saturated rings. The lowest BCUT2D eigenvalue weighted by molar-refractivity contribution is -0.179. The molecule has 0 unspecified atom stereocenters. The average Bonchev–Trinajstić information content (AvgIpc) is 3.05. The fourth-order valence-electron chi connectivity index (χ4n) is 3.26. The zero-order chi connectivity index (χ0) is 17.5. The van der Waals surface area contributed by atoms with E-state index in [-0.39, 0.29) is 6.61 Å². The summed E-state index contributed by atoms with van der Waals surface area (Å²) >= 11 is 0. The molecule has 0 spiro atoms. The Morgan fingerprint density at radius 1 is 0.917 bits per heavy atom. The molecule has 1 aromatic carbocycles. The van der Waals surface area contributed by atoms with Gasteiger partial charge in [-0.1, -0.05) is 30.3 Å². The zero-order valence-corrected chi connectivity index (χ0v) is 14.5. The van der Waals surface area contributed by atoms with Crippen LogP contribution in [0, 0.1) is 0 Å². The van der Waals surface area contributed by atoms with Crippen molar-refractivity contribution in [1.29, 1.82) is 0 Å². The average molecular weight is 338 g/mol. The van der Waals surface area contributed by atoms with Crippen LogP contribution in [-0.2, 0) is 18.9 Å². The number of ether oxygens (including phenoxy) is 4. The monoisotopic (exact) mass is 338 g/mol. The van der Waals surface area contributed by atoms with E-state index in [9.17, 15) is 10.2 Å². The highest BCUT2D eigenvalue weighted by Crippen LogP contribution is 2.39. The van der Waals surface area contributed by atoms with Crippen molar-refractivity contribution >= 4 is 0 Å². The van der Waals surface area contributed by atoms with Crippen LogP contribution in [-0.4, -0.2) is 52.8 Å². The third kappa shape index (κ3) is 3.64. The molecule has 2 N–H and O–H groups in total. The molecule has 2 aliphatic rings. The predicted octanol–water partition coefficient (Wildman–Crippen LogP) is 1.75. The SMILES string of the molecule is CC1(C)O[C@@H]([C@@H](O)[C@H]2COC(C)(C)O2)[C@@H]([C@@H](O)c2ccccc2)O1. The largest absolute Gasteiger partial charge is 0.387 e. The summed E-state index contributed by atoms with van der Waals surface area (Å²) in [5.41, 5.74) is 0.713. The van der Waals surface area contributed by atoms with E-state index in [2.05, 4.69) is 0 Å². The van der Waals surface area contributed by atoms with Crippen molar-refractivity contribution in [3.8, 4) is 0 Å². The lowest BCUT2D eigenvalue weighted by Crippen LogP contribution is -2.46. The van der Waals surface area contributed by atoms with Crippen LogP contribution < -0.4 is 0 Å². The van der Waals surface area contributed by atoms with Crippen molar-refractivity contribution in [3.05, 3.63) is 35.9 Å². The summed E-state index contributed by atoms with van der Waals surface area (Å²) < 4.78 is 23.0. The van der Waals surface area contributed by atoms with Crippen molar-refractivity contribution in [3.63, 3.8) is 0 Å². The van der Waals surface area contributed by atoms with Crippen molar-refractivity contribution < 1.29 is 29.2 Å². The van der Waals surface area contributed by atoms with E-state index in [1.54, 1.807) is 27.7 Å². The third-order valence-corrected chi connectivity index (χ3v) is 4.36. The van der Waals surface area contributed by atoms with Gasteiger partial charge >= 0.3 is 0 Å². The van der Waals surface area contributed by atoms with E-state index >= 15 is 0 Å². The topological polar surface area (TPSA) is 77.4 Å². The minimum Gasteiger partial charge on any atom is -0.387 e. The highest BCUT2D eigenvalue weighted by Gasteiger charge is 2.52. The highest BCUT2D eigenvalue weighted by atomic mass is 16.8. The second-order valence-electron chi connectivity index (χ2n) is 7.28. The lowest BCUT2D eigenvalue weighted by Gasteiger charge is -2.29. The Morgan fingerprint density at radius 2 is 1.54 bits per heavy atom. The van der Waals surface area contributed by atoms with E-state index in [0.717, 1.165) is 0 Å². The Bertz CT molecular complexity index is 558. The van der Waals surface area contributed by atoms with Gasteiger partial charge in [0.2, 0.25) is 0 Å². The van der Waals surface area contributed by atoms with Gasteiger partial charge in [0, 0.05) is 0 Å². The maximum atomic E-state index is 10.8. The van der Waals surface area contributed by atoms with Gasteiger partial charge in [-0.15, -0.1) is 0 Å². The van der Waals surface area contributed by atoms with Gasteiger partial charge in [0.1, 0.15) is 30.5 Å². The van der Waals surface area contributed by atoms with Crippen molar-refractivity contribution in [2.75, 3.05) is 6.61 Å². The number of hydrogen-bond acceptors (Lipinski definition) is 6. The first-order valence-electron chi connectivity index (χ1n) is 8.27. The molecule has 6 nitrogen and oxygen atoms in total. The summed E-state index contributed by atoms with van der Waals surface area (Å²) in [6.45, 7) is 7.39. The Labute approximate surface area is 142 Å². The fourth-order valence-corrected chi connectivity index (χ4v) is 3.26. The quantitative estimate of drug-likeness (QED) is 0.871. The summed E-state index contributed by atoms with van der Waals surface area (Å²) in [4.78, 5) is 0. The molecule has 6 heteroatoms.